The van der Waals surface area contributed by atoms with Gasteiger partial charge >= 0.3 is 0 Å². The number of unbranched alkanes of at least 4 members (excludes halogenated alkanes) is 1. The van der Waals surface area contributed by atoms with E-state index in [1.165, 1.54) is 57.8 Å². The molecule has 4 atom stereocenters. The Balaban J connectivity index is 1.93. The second kappa shape index (κ2) is 4.48. The van der Waals surface area contributed by atoms with Crippen molar-refractivity contribution in [1.82, 2.24) is 0 Å². The molecule has 19 heavy (non-hydrogen) atoms. The number of ether oxygens (including phenoxy) is 1. The third-order valence-corrected chi connectivity index (χ3v) is 6.89. The van der Waals surface area contributed by atoms with E-state index in [0.29, 0.717) is 5.41 Å². The molecule has 0 aromatic rings. The fraction of sp³-hybridized carbons (Fsp3) is 1.00. The Hall–Kier alpha value is -0.0400. The number of rotatable bonds is 3. The van der Waals surface area contributed by atoms with Gasteiger partial charge < -0.3 is 4.74 Å². The fourth-order valence-corrected chi connectivity index (χ4v) is 5.61. The number of fused-ring (bicyclic) bond motifs is 1. The summed E-state index contributed by atoms with van der Waals surface area (Å²) in [5.41, 5.74) is 0.820. The van der Waals surface area contributed by atoms with E-state index in [1.807, 2.05) is 0 Å². The molecule has 0 radical (unpaired) electrons. The quantitative estimate of drug-likeness (QED) is 0.669. The van der Waals surface area contributed by atoms with Crippen molar-refractivity contribution in [3.63, 3.8) is 0 Å². The van der Waals surface area contributed by atoms with Crippen LogP contribution in [0.25, 0.3) is 0 Å². The Morgan fingerprint density at radius 2 is 1.89 bits per heavy atom. The SMILES string of the molecule is CCCC[C@@H]1CCC[C@@]2(C)CC[C@@H]3C[C@]12OC3(C)C. The third-order valence-electron chi connectivity index (χ3n) is 6.89. The molecule has 1 nitrogen and oxygen atoms in total. The lowest BCUT2D eigenvalue weighted by Crippen LogP contribution is -2.56. The normalized spacial score (nSPS) is 48.0. The molecule has 3 aliphatic rings. The van der Waals surface area contributed by atoms with Gasteiger partial charge in [0.1, 0.15) is 0 Å². The lowest BCUT2D eigenvalue weighted by atomic mass is 9.52. The van der Waals surface area contributed by atoms with Crippen LogP contribution in [0.3, 0.4) is 0 Å². The molecule has 0 N–H and O–H groups in total. The topological polar surface area (TPSA) is 9.23 Å². The van der Waals surface area contributed by atoms with Gasteiger partial charge in [-0.15, -0.1) is 0 Å². The van der Waals surface area contributed by atoms with Crippen molar-refractivity contribution < 1.29 is 4.74 Å². The van der Waals surface area contributed by atoms with Crippen molar-refractivity contribution in [3.8, 4) is 0 Å². The van der Waals surface area contributed by atoms with Gasteiger partial charge in [-0.25, -0.2) is 0 Å². The summed E-state index contributed by atoms with van der Waals surface area (Å²) in [5, 5.41) is 0. The van der Waals surface area contributed by atoms with Crippen LogP contribution >= 0.6 is 0 Å². The van der Waals surface area contributed by atoms with Gasteiger partial charge in [-0.3, -0.25) is 0 Å². The van der Waals surface area contributed by atoms with Crippen molar-refractivity contribution in [3.05, 3.63) is 0 Å². The first kappa shape index (κ1) is 13.9. The lowest BCUT2D eigenvalue weighted by molar-refractivity contribution is -0.198. The van der Waals surface area contributed by atoms with Gasteiger partial charge in [0.15, 0.2) is 0 Å². The van der Waals surface area contributed by atoms with E-state index in [0.717, 1.165) is 11.8 Å². The highest BCUT2D eigenvalue weighted by atomic mass is 16.5. The first-order chi connectivity index (χ1) is 8.94. The van der Waals surface area contributed by atoms with E-state index in [-0.39, 0.29) is 11.2 Å². The van der Waals surface area contributed by atoms with Gasteiger partial charge in [-0.05, 0) is 69.6 Å². The molecule has 1 spiro atoms. The molecular weight excluding hydrogens is 232 g/mol. The summed E-state index contributed by atoms with van der Waals surface area (Å²) in [4.78, 5) is 0. The molecule has 0 amide bonds. The molecule has 3 fully saturated rings. The van der Waals surface area contributed by atoms with Gasteiger partial charge in [0, 0.05) is 0 Å². The van der Waals surface area contributed by atoms with Gasteiger partial charge in [-0.2, -0.15) is 0 Å². The molecule has 1 heteroatoms. The van der Waals surface area contributed by atoms with Crippen LogP contribution < -0.4 is 0 Å². The monoisotopic (exact) mass is 264 g/mol. The summed E-state index contributed by atoms with van der Waals surface area (Å²) in [6.45, 7) is 9.57. The highest BCUT2D eigenvalue weighted by Gasteiger charge is 2.65. The van der Waals surface area contributed by atoms with Crippen LogP contribution in [-0.2, 0) is 4.74 Å². The summed E-state index contributed by atoms with van der Waals surface area (Å²) in [6, 6.07) is 0. The summed E-state index contributed by atoms with van der Waals surface area (Å²) in [5.74, 6) is 1.64. The van der Waals surface area contributed by atoms with Crippen molar-refractivity contribution in [2.75, 3.05) is 0 Å². The lowest BCUT2D eigenvalue weighted by Gasteiger charge is -2.56. The zero-order valence-electron chi connectivity index (χ0n) is 13.4. The fourth-order valence-electron chi connectivity index (χ4n) is 5.61. The minimum atomic E-state index is 0.125. The molecule has 110 valence electrons. The Bertz CT molecular complexity index is 348. The van der Waals surface area contributed by atoms with E-state index in [2.05, 4.69) is 27.7 Å². The predicted octanol–water partition coefficient (Wildman–Crippen LogP) is 5.33. The second-order valence-corrected chi connectivity index (χ2v) is 8.33. The molecule has 1 aliphatic heterocycles. The Labute approximate surface area is 119 Å². The van der Waals surface area contributed by atoms with Crippen LogP contribution in [0.4, 0.5) is 0 Å². The smallest absolute Gasteiger partial charge is 0.0774 e. The van der Waals surface area contributed by atoms with Crippen molar-refractivity contribution in [1.29, 1.82) is 0 Å². The molecule has 0 unspecified atom stereocenters. The first-order valence-electron chi connectivity index (χ1n) is 8.64. The molecule has 1 heterocycles. The standard InChI is InChI=1S/C18H32O/c1-5-6-8-14-9-7-11-17(4)12-10-15-13-18(14,17)19-16(15,2)3/h14-15H,5-13H2,1-4H3/t14-,15-,17+,18+/m1/s1. The second-order valence-electron chi connectivity index (χ2n) is 8.33. The largest absolute Gasteiger partial charge is 0.368 e. The molecule has 2 bridgehead atoms. The average molecular weight is 264 g/mol. The van der Waals surface area contributed by atoms with Crippen LogP contribution in [0.1, 0.15) is 85.5 Å². The molecule has 0 aromatic heterocycles. The van der Waals surface area contributed by atoms with Crippen LogP contribution in [-0.4, -0.2) is 11.2 Å². The van der Waals surface area contributed by atoms with Crippen molar-refractivity contribution in [2.45, 2.75) is 96.7 Å². The summed E-state index contributed by atoms with van der Waals surface area (Å²) >= 11 is 0. The Morgan fingerprint density at radius 3 is 2.63 bits per heavy atom. The first-order valence-corrected chi connectivity index (χ1v) is 8.64. The van der Waals surface area contributed by atoms with E-state index in [9.17, 15) is 0 Å². The molecule has 1 saturated heterocycles. The minimum absolute atomic E-state index is 0.125. The van der Waals surface area contributed by atoms with Gasteiger partial charge in [0.2, 0.25) is 0 Å². The van der Waals surface area contributed by atoms with Crippen molar-refractivity contribution in [2.24, 2.45) is 17.3 Å². The van der Waals surface area contributed by atoms with Crippen molar-refractivity contribution >= 4 is 0 Å². The minimum Gasteiger partial charge on any atom is -0.368 e. The maximum atomic E-state index is 6.88. The number of hydrogen-bond acceptors (Lipinski definition) is 1. The molecule has 2 saturated carbocycles. The van der Waals surface area contributed by atoms with E-state index < -0.39 is 0 Å². The van der Waals surface area contributed by atoms with Gasteiger partial charge in [-0.1, -0.05) is 33.1 Å². The van der Waals surface area contributed by atoms with Crippen LogP contribution in [0.15, 0.2) is 0 Å². The van der Waals surface area contributed by atoms with E-state index >= 15 is 0 Å². The summed E-state index contributed by atoms with van der Waals surface area (Å²) in [7, 11) is 0. The van der Waals surface area contributed by atoms with Crippen LogP contribution in [0.5, 0.6) is 0 Å². The highest BCUT2D eigenvalue weighted by Crippen LogP contribution is 2.66. The zero-order chi connectivity index (χ0) is 13.7. The predicted molar refractivity (Wildman–Crippen MR) is 80.2 cm³/mol. The Morgan fingerprint density at radius 1 is 1.11 bits per heavy atom. The number of hydrogen-bond donors (Lipinski definition) is 0. The highest BCUT2D eigenvalue weighted by molar-refractivity contribution is 5.15. The van der Waals surface area contributed by atoms with E-state index in [4.69, 9.17) is 4.74 Å². The Kier molecular flexibility index (Phi) is 3.28. The molecule has 3 rings (SSSR count). The van der Waals surface area contributed by atoms with Gasteiger partial charge in [0.05, 0.1) is 11.2 Å². The maximum absolute atomic E-state index is 6.88. The molecular formula is C18H32O. The molecule has 0 aromatic carbocycles. The average Bonchev–Trinajstić information content (AvgIpc) is 2.58. The summed E-state index contributed by atoms with van der Waals surface area (Å²) in [6.07, 6.45) is 12.5. The van der Waals surface area contributed by atoms with Gasteiger partial charge in [0.25, 0.3) is 0 Å². The molecule has 2 aliphatic carbocycles. The zero-order valence-corrected chi connectivity index (χ0v) is 13.4. The third kappa shape index (κ3) is 1.91. The maximum Gasteiger partial charge on any atom is 0.0774 e. The van der Waals surface area contributed by atoms with Crippen LogP contribution in [0, 0.1) is 17.3 Å². The van der Waals surface area contributed by atoms with E-state index in [1.54, 1.807) is 0 Å². The van der Waals surface area contributed by atoms with Crippen LogP contribution in [0.2, 0.25) is 0 Å². The summed E-state index contributed by atoms with van der Waals surface area (Å²) < 4.78 is 6.88.